The van der Waals surface area contributed by atoms with Crippen molar-refractivity contribution in [2.75, 3.05) is 23.7 Å². The minimum atomic E-state index is -1.01. The van der Waals surface area contributed by atoms with Crippen LogP contribution in [-0.2, 0) is 0 Å². The van der Waals surface area contributed by atoms with Crippen molar-refractivity contribution in [1.29, 1.82) is 5.26 Å². The third-order valence-electron chi connectivity index (χ3n) is 7.33. The van der Waals surface area contributed by atoms with Gasteiger partial charge in [-0.2, -0.15) is 5.26 Å². The number of anilines is 3. The first kappa shape index (κ1) is 28.7. The number of piperidine rings is 1. The molecule has 0 bridgehead atoms. The molecule has 3 N–H and O–H groups in total. The molecular weight excluding hydrogens is 600 g/mol. The fourth-order valence-corrected chi connectivity index (χ4v) is 5.56. The van der Waals surface area contributed by atoms with Crippen LogP contribution in [0.4, 0.5) is 30.2 Å². The summed E-state index contributed by atoms with van der Waals surface area (Å²) >= 11 is 12.5. The number of nitrogens with zero attached hydrogens (tertiary/aromatic N) is 5. The van der Waals surface area contributed by atoms with Gasteiger partial charge < -0.3 is 16.0 Å². The Hall–Kier alpha value is -4.37. The van der Waals surface area contributed by atoms with Crippen LogP contribution in [0.2, 0.25) is 10.0 Å². The van der Waals surface area contributed by atoms with Gasteiger partial charge in [-0.15, -0.1) is 5.10 Å². The summed E-state index contributed by atoms with van der Waals surface area (Å²) in [5.74, 6) is -2.56. The summed E-state index contributed by atoms with van der Waals surface area (Å²) in [6, 6.07) is 12.5. The predicted octanol–water partition coefficient (Wildman–Crippen LogP) is 7.29. The van der Waals surface area contributed by atoms with Crippen LogP contribution >= 0.6 is 23.2 Å². The molecular formula is C30H23Cl2F3N8. The minimum absolute atomic E-state index is 0.0887. The third-order valence-corrected chi connectivity index (χ3v) is 7.84. The molecule has 8 nitrogen and oxygen atoms in total. The SMILES string of the molecule is N#Cc1cnc2c(NC(c3ccc(F)c(F)c3)c3cn(C4CCNCC4)nn3)cc(Cl)cc2c1Nc1ccc(F)c(Cl)c1. The molecule has 0 amide bonds. The van der Waals surface area contributed by atoms with Gasteiger partial charge in [0.05, 0.1) is 45.8 Å². The van der Waals surface area contributed by atoms with Crippen molar-refractivity contribution in [2.24, 2.45) is 0 Å². The van der Waals surface area contributed by atoms with Crippen molar-refractivity contribution in [3.8, 4) is 6.07 Å². The normalized spacial score (nSPS) is 14.4. The maximum atomic E-state index is 14.4. The molecule has 3 heterocycles. The van der Waals surface area contributed by atoms with Gasteiger partial charge in [0.2, 0.25) is 0 Å². The quantitative estimate of drug-likeness (QED) is 0.175. The van der Waals surface area contributed by atoms with E-state index in [-0.39, 0.29) is 16.6 Å². The second-order valence-electron chi connectivity index (χ2n) is 10.1. The van der Waals surface area contributed by atoms with Crippen molar-refractivity contribution in [3.05, 3.63) is 105 Å². The number of rotatable bonds is 7. The largest absolute Gasteiger partial charge is 0.371 e. The Morgan fingerprint density at radius 2 is 1.79 bits per heavy atom. The number of benzene rings is 3. The maximum absolute atomic E-state index is 14.4. The monoisotopic (exact) mass is 622 g/mol. The molecule has 0 spiro atoms. The lowest BCUT2D eigenvalue weighted by Gasteiger charge is -2.23. The summed E-state index contributed by atoms with van der Waals surface area (Å²) in [6.45, 7) is 1.71. The molecule has 2 aromatic heterocycles. The molecule has 0 radical (unpaired) electrons. The second kappa shape index (κ2) is 12.1. The van der Waals surface area contributed by atoms with Crippen LogP contribution in [0.25, 0.3) is 10.9 Å². The fraction of sp³-hybridized carbons (Fsp3) is 0.200. The van der Waals surface area contributed by atoms with E-state index in [1.807, 2.05) is 0 Å². The Bertz CT molecular complexity index is 1870. The molecule has 6 rings (SSSR count). The summed E-state index contributed by atoms with van der Waals surface area (Å²) in [4.78, 5) is 4.53. The van der Waals surface area contributed by atoms with Gasteiger partial charge in [0.15, 0.2) is 11.6 Å². The molecule has 5 aromatic rings. The Kier molecular flexibility index (Phi) is 8.08. The Morgan fingerprint density at radius 1 is 1.00 bits per heavy atom. The van der Waals surface area contributed by atoms with E-state index in [4.69, 9.17) is 23.2 Å². The molecule has 1 saturated heterocycles. The van der Waals surface area contributed by atoms with Crippen molar-refractivity contribution in [3.63, 3.8) is 0 Å². The maximum Gasteiger partial charge on any atom is 0.159 e. The second-order valence-corrected chi connectivity index (χ2v) is 11.0. The van der Waals surface area contributed by atoms with Gasteiger partial charge in [-0.25, -0.2) is 17.9 Å². The van der Waals surface area contributed by atoms with Crippen molar-refractivity contribution >= 4 is 51.2 Å². The van der Waals surface area contributed by atoms with Gasteiger partial charge in [0.25, 0.3) is 0 Å². The molecule has 13 heteroatoms. The van der Waals surface area contributed by atoms with Crippen LogP contribution in [0.3, 0.4) is 0 Å². The smallest absolute Gasteiger partial charge is 0.159 e. The zero-order valence-corrected chi connectivity index (χ0v) is 23.9. The van der Waals surface area contributed by atoms with E-state index in [0.29, 0.717) is 44.2 Å². The topological polar surface area (TPSA) is 103 Å². The van der Waals surface area contributed by atoms with E-state index in [1.54, 1.807) is 23.0 Å². The highest BCUT2D eigenvalue weighted by atomic mass is 35.5. The van der Waals surface area contributed by atoms with E-state index in [9.17, 15) is 18.4 Å². The third kappa shape index (κ3) is 5.95. The molecule has 1 atom stereocenters. The highest BCUT2D eigenvalue weighted by Gasteiger charge is 2.24. The van der Waals surface area contributed by atoms with Gasteiger partial charge in [0, 0.05) is 22.3 Å². The molecule has 0 aliphatic carbocycles. The zero-order chi connectivity index (χ0) is 30.1. The van der Waals surface area contributed by atoms with E-state index >= 15 is 0 Å². The van der Waals surface area contributed by atoms with E-state index in [2.05, 4.69) is 37.3 Å². The van der Waals surface area contributed by atoms with Crippen molar-refractivity contribution in [2.45, 2.75) is 24.9 Å². The molecule has 1 aliphatic rings. The Morgan fingerprint density at radius 3 is 2.53 bits per heavy atom. The predicted molar refractivity (Wildman–Crippen MR) is 159 cm³/mol. The summed E-state index contributed by atoms with van der Waals surface area (Å²) in [6.07, 6.45) is 4.96. The van der Waals surface area contributed by atoms with Crippen molar-refractivity contribution in [1.82, 2.24) is 25.3 Å². The average molecular weight is 623 g/mol. The first-order chi connectivity index (χ1) is 20.8. The number of nitriles is 1. The molecule has 1 unspecified atom stereocenters. The van der Waals surface area contributed by atoms with Gasteiger partial charge in [-0.05, 0) is 74.0 Å². The first-order valence-corrected chi connectivity index (χ1v) is 14.1. The fourth-order valence-electron chi connectivity index (χ4n) is 5.16. The van der Waals surface area contributed by atoms with E-state index in [0.717, 1.165) is 38.1 Å². The molecule has 43 heavy (non-hydrogen) atoms. The molecule has 1 fully saturated rings. The van der Waals surface area contributed by atoms with Crippen LogP contribution < -0.4 is 16.0 Å². The lowest BCUT2D eigenvalue weighted by molar-refractivity contribution is 0.337. The van der Waals surface area contributed by atoms with Gasteiger partial charge in [-0.3, -0.25) is 4.98 Å². The Balaban J connectivity index is 1.45. The number of hydrogen-bond donors (Lipinski definition) is 3. The summed E-state index contributed by atoms with van der Waals surface area (Å²) in [7, 11) is 0. The van der Waals surface area contributed by atoms with E-state index in [1.165, 1.54) is 30.5 Å². The highest BCUT2D eigenvalue weighted by molar-refractivity contribution is 6.32. The zero-order valence-electron chi connectivity index (χ0n) is 22.4. The van der Waals surface area contributed by atoms with Crippen LogP contribution in [-0.4, -0.2) is 33.1 Å². The number of halogens is 5. The number of aromatic nitrogens is 4. The lowest BCUT2D eigenvalue weighted by Crippen LogP contribution is -2.29. The Labute approximate surface area is 254 Å². The van der Waals surface area contributed by atoms with Crippen LogP contribution in [0, 0.1) is 28.8 Å². The van der Waals surface area contributed by atoms with Crippen LogP contribution in [0.15, 0.2) is 60.9 Å². The highest BCUT2D eigenvalue weighted by Crippen LogP contribution is 2.38. The lowest BCUT2D eigenvalue weighted by atomic mass is 10.0. The number of nitrogens with one attached hydrogen (secondary N) is 3. The number of hydrogen-bond acceptors (Lipinski definition) is 7. The van der Waals surface area contributed by atoms with Gasteiger partial charge >= 0.3 is 0 Å². The number of fused-ring (bicyclic) bond motifs is 1. The molecule has 0 saturated carbocycles. The first-order valence-electron chi connectivity index (χ1n) is 13.4. The average Bonchev–Trinajstić information content (AvgIpc) is 3.50. The molecule has 1 aliphatic heterocycles. The van der Waals surface area contributed by atoms with Crippen LogP contribution in [0.5, 0.6) is 0 Å². The van der Waals surface area contributed by atoms with Gasteiger partial charge in [0.1, 0.15) is 17.6 Å². The standard InChI is InChI=1S/C30H23Cl2F3N8/c31-18-10-21-28(39-19-2-4-23(33)22(32)12-19)17(13-36)14-38-30(21)26(11-18)40-29(16-1-3-24(34)25(35)9-16)27-15-43(42-41-27)20-5-7-37-8-6-20/h1-4,9-12,14-15,20,29,37,40H,5-8H2,(H,38,39). The van der Waals surface area contributed by atoms with Gasteiger partial charge in [-0.1, -0.05) is 34.5 Å². The minimum Gasteiger partial charge on any atom is -0.371 e. The molecule has 3 aromatic carbocycles. The summed E-state index contributed by atoms with van der Waals surface area (Å²) in [5.41, 5.74) is 2.78. The van der Waals surface area contributed by atoms with Crippen LogP contribution in [0.1, 0.15) is 41.7 Å². The van der Waals surface area contributed by atoms with Crippen molar-refractivity contribution < 1.29 is 13.2 Å². The summed E-state index contributed by atoms with van der Waals surface area (Å²) in [5, 5.41) is 29.1. The number of pyridine rings is 1. The molecule has 218 valence electrons. The van der Waals surface area contributed by atoms with E-state index < -0.39 is 23.5 Å². The summed E-state index contributed by atoms with van der Waals surface area (Å²) < 4.78 is 44.0.